The largest absolute Gasteiger partial charge is 0.398 e. The molecule has 1 aromatic carbocycles. The summed E-state index contributed by atoms with van der Waals surface area (Å²) in [5.74, 6) is 0.521. The molecule has 2 rings (SSSR count). The second-order valence-electron chi connectivity index (χ2n) is 2.34. The average molecular weight is 161 g/mol. The van der Waals surface area contributed by atoms with Crippen LogP contribution in [0.15, 0.2) is 35.2 Å². The highest BCUT2D eigenvalue weighted by Gasteiger charge is 2.04. The summed E-state index contributed by atoms with van der Waals surface area (Å²) in [6.45, 7) is 0. The van der Waals surface area contributed by atoms with Gasteiger partial charge in [0.05, 0.1) is 0 Å². The lowest BCUT2D eigenvalue weighted by Gasteiger charge is -1.97. The van der Waals surface area contributed by atoms with Gasteiger partial charge in [-0.15, -0.1) is 0 Å². The molecule has 0 amide bonds. The van der Waals surface area contributed by atoms with Crippen LogP contribution in [0.1, 0.15) is 0 Å². The van der Waals surface area contributed by atoms with Gasteiger partial charge in [0.1, 0.15) is 0 Å². The lowest BCUT2D eigenvalue weighted by molar-refractivity contribution is 0.419. The zero-order valence-corrected chi connectivity index (χ0v) is 6.27. The highest BCUT2D eigenvalue weighted by atomic mass is 16.5. The Morgan fingerprint density at radius 3 is 2.75 bits per heavy atom. The van der Waals surface area contributed by atoms with Crippen molar-refractivity contribution in [2.24, 2.45) is 0 Å². The summed E-state index contributed by atoms with van der Waals surface area (Å²) in [6, 6.07) is 7.38. The number of nitrogens with two attached hydrogens (primary N) is 1. The first-order chi connectivity index (χ1) is 5.88. The maximum Gasteiger partial charge on any atom is 0.214 e. The maximum atomic E-state index is 5.69. The number of rotatable bonds is 1. The first-order valence-corrected chi connectivity index (χ1v) is 3.49. The fraction of sp³-hybridized carbons (Fsp3) is 0. The summed E-state index contributed by atoms with van der Waals surface area (Å²) in [6.07, 6.45) is 1.28. The highest BCUT2D eigenvalue weighted by Crippen LogP contribution is 2.20. The Bertz CT molecular complexity index is 370. The molecule has 2 N–H and O–H groups in total. The zero-order valence-electron chi connectivity index (χ0n) is 6.27. The Kier molecular flexibility index (Phi) is 1.51. The average Bonchev–Trinajstić information content (AvgIpc) is 2.57. The molecule has 4 heteroatoms. The third kappa shape index (κ3) is 1.03. The summed E-state index contributed by atoms with van der Waals surface area (Å²) in [5, 5.41) is 3.68. The minimum atomic E-state index is 0.521. The van der Waals surface area contributed by atoms with Crippen molar-refractivity contribution < 1.29 is 4.52 Å². The number of anilines is 1. The Balaban J connectivity index is 2.55. The molecule has 0 fully saturated rings. The molecule has 1 aromatic heterocycles. The van der Waals surface area contributed by atoms with Crippen LogP contribution in [0, 0.1) is 0 Å². The van der Waals surface area contributed by atoms with Crippen molar-refractivity contribution in [2.75, 3.05) is 5.73 Å². The molecular weight excluding hydrogens is 154 g/mol. The van der Waals surface area contributed by atoms with Crippen LogP contribution in [-0.4, -0.2) is 10.1 Å². The van der Waals surface area contributed by atoms with Crippen LogP contribution in [0.4, 0.5) is 5.69 Å². The van der Waals surface area contributed by atoms with E-state index in [1.165, 1.54) is 6.39 Å². The third-order valence-electron chi connectivity index (χ3n) is 1.56. The molecule has 0 unspecified atom stereocenters. The van der Waals surface area contributed by atoms with Crippen molar-refractivity contribution in [2.45, 2.75) is 0 Å². The standard InChI is InChI=1S/C8H7N3O/c9-7-4-2-1-3-6(7)8-10-5-12-11-8/h1-5H,9H2. The van der Waals surface area contributed by atoms with Crippen LogP contribution >= 0.6 is 0 Å². The van der Waals surface area contributed by atoms with E-state index in [1.807, 2.05) is 18.2 Å². The molecule has 0 aliphatic carbocycles. The summed E-state index contributed by atoms with van der Waals surface area (Å²) in [4.78, 5) is 3.89. The summed E-state index contributed by atoms with van der Waals surface area (Å²) < 4.78 is 4.61. The van der Waals surface area contributed by atoms with E-state index in [-0.39, 0.29) is 0 Å². The third-order valence-corrected chi connectivity index (χ3v) is 1.56. The predicted octanol–water partition coefficient (Wildman–Crippen LogP) is 1.32. The first kappa shape index (κ1) is 6.84. The monoisotopic (exact) mass is 161 g/mol. The number of aromatic nitrogens is 2. The number of nitrogens with zero attached hydrogens (tertiary/aromatic N) is 2. The van der Waals surface area contributed by atoms with Crippen molar-refractivity contribution in [3.05, 3.63) is 30.7 Å². The number of benzene rings is 1. The van der Waals surface area contributed by atoms with Crippen molar-refractivity contribution in [3.8, 4) is 11.4 Å². The van der Waals surface area contributed by atoms with Crippen molar-refractivity contribution >= 4 is 5.69 Å². The van der Waals surface area contributed by atoms with Gasteiger partial charge in [-0.2, -0.15) is 4.98 Å². The second kappa shape index (κ2) is 2.65. The van der Waals surface area contributed by atoms with E-state index >= 15 is 0 Å². The zero-order chi connectivity index (χ0) is 8.39. The van der Waals surface area contributed by atoms with Crippen LogP contribution in [0.5, 0.6) is 0 Å². The molecule has 0 aliphatic heterocycles. The van der Waals surface area contributed by atoms with Gasteiger partial charge in [-0.1, -0.05) is 17.3 Å². The molecule has 60 valence electrons. The molecule has 0 spiro atoms. The first-order valence-electron chi connectivity index (χ1n) is 3.49. The van der Waals surface area contributed by atoms with Gasteiger partial charge in [-0.3, -0.25) is 0 Å². The fourth-order valence-electron chi connectivity index (χ4n) is 0.990. The van der Waals surface area contributed by atoms with Gasteiger partial charge in [0.15, 0.2) is 0 Å². The number of para-hydroxylation sites is 1. The minimum Gasteiger partial charge on any atom is -0.398 e. The van der Waals surface area contributed by atoms with Crippen LogP contribution < -0.4 is 5.73 Å². The summed E-state index contributed by atoms with van der Waals surface area (Å²) >= 11 is 0. The molecule has 2 aromatic rings. The van der Waals surface area contributed by atoms with Crippen molar-refractivity contribution in [1.82, 2.24) is 10.1 Å². The molecule has 0 aliphatic rings. The van der Waals surface area contributed by atoms with Gasteiger partial charge in [0.25, 0.3) is 0 Å². The van der Waals surface area contributed by atoms with Gasteiger partial charge in [0.2, 0.25) is 12.2 Å². The molecule has 1 heterocycles. The lowest BCUT2D eigenvalue weighted by atomic mass is 10.2. The quantitative estimate of drug-likeness (QED) is 0.640. The number of hydrogen-bond donors (Lipinski definition) is 1. The van der Waals surface area contributed by atoms with Gasteiger partial charge in [-0.25, -0.2) is 0 Å². The molecule has 0 radical (unpaired) electrons. The Morgan fingerprint density at radius 1 is 1.25 bits per heavy atom. The van der Waals surface area contributed by atoms with E-state index in [1.54, 1.807) is 6.07 Å². The molecule has 0 saturated carbocycles. The van der Waals surface area contributed by atoms with Gasteiger partial charge < -0.3 is 10.3 Å². The van der Waals surface area contributed by atoms with E-state index in [2.05, 4.69) is 14.7 Å². The van der Waals surface area contributed by atoms with E-state index in [9.17, 15) is 0 Å². The molecule has 0 bridgehead atoms. The van der Waals surface area contributed by atoms with E-state index in [0.717, 1.165) is 5.56 Å². The van der Waals surface area contributed by atoms with E-state index in [0.29, 0.717) is 11.5 Å². The molecular formula is C8H7N3O. The SMILES string of the molecule is Nc1ccccc1-c1ncon1. The van der Waals surface area contributed by atoms with Gasteiger partial charge in [-0.05, 0) is 12.1 Å². The Morgan fingerprint density at radius 2 is 2.08 bits per heavy atom. The normalized spacial score (nSPS) is 10.0. The van der Waals surface area contributed by atoms with Crippen LogP contribution in [0.2, 0.25) is 0 Å². The summed E-state index contributed by atoms with van der Waals surface area (Å²) in [7, 11) is 0. The van der Waals surface area contributed by atoms with E-state index in [4.69, 9.17) is 5.73 Å². The topological polar surface area (TPSA) is 64.9 Å². The lowest BCUT2D eigenvalue weighted by Crippen LogP contribution is -1.89. The number of hydrogen-bond acceptors (Lipinski definition) is 4. The van der Waals surface area contributed by atoms with Gasteiger partial charge in [0, 0.05) is 11.3 Å². The smallest absolute Gasteiger partial charge is 0.214 e. The minimum absolute atomic E-state index is 0.521. The second-order valence-corrected chi connectivity index (χ2v) is 2.34. The Labute approximate surface area is 69.0 Å². The van der Waals surface area contributed by atoms with Crippen LogP contribution in [-0.2, 0) is 0 Å². The van der Waals surface area contributed by atoms with Crippen molar-refractivity contribution in [1.29, 1.82) is 0 Å². The molecule has 12 heavy (non-hydrogen) atoms. The molecule has 0 atom stereocenters. The fourth-order valence-corrected chi connectivity index (χ4v) is 0.990. The van der Waals surface area contributed by atoms with E-state index < -0.39 is 0 Å². The van der Waals surface area contributed by atoms with Crippen LogP contribution in [0.25, 0.3) is 11.4 Å². The van der Waals surface area contributed by atoms with Gasteiger partial charge >= 0.3 is 0 Å². The van der Waals surface area contributed by atoms with Crippen LogP contribution in [0.3, 0.4) is 0 Å². The Hall–Kier alpha value is -1.84. The molecule has 0 saturated heterocycles. The molecule has 4 nitrogen and oxygen atoms in total. The summed E-state index contributed by atoms with van der Waals surface area (Å²) in [5.41, 5.74) is 7.14. The predicted molar refractivity (Wildman–Crippen MR) is 44.1 cm³/mol. The van der Waals surface area contributed by atoms with Crippen molar-refractivity contribution in [3.63, 3.8) is 0 Å². The highest BCUT2D eigenvalue weighted by molar-refractivity contribution is 5.70. The number of nitrogen functional groups attached to an aromatic ring is 1. The maximum absolute atomic E-state index is 5.69.